The van der Waals surface area contributed by atoms with Crippen molar-refractivity contribution in [3.63, 3.8) is 0 Å². The molecule has 0 aliphatic heterocycles. The molecule has 0 spiro atoms. The van der Waals surface area contributed by atoms with Crippen LogP contribution in [0.5, 0.6) is 5.75 Å². The van der Waals surface area contributed by atoms with E-state index in [0.29, 0.717) is 37.7 Å². The molecule has 1 amide bonds. The number of rotatable bonds is 9. The summed E-state index contributed by atoms with van der Waals surface area (Å²) in [5.41, 5.74) is 0.926. The highest BCUT2D eigenvalue weighted by molar-refractivity contribution is 5.76. The molecule has 24 heavy (non-hydrogen) atoms. The number of ether oxygens (including phenoxy) is 2. The first-order valence-electron chi connectivity index (χ1n) is 8.08. The molecule has 6 heteroatoms. The summed E-state index contributed by atoms with van der Waals surface area (Å²) in [6.07, 6.45) is 2.47. The van der Waals surface area contributed by atoms with E-state index in [2.05, 4.69) is 10.3 Å². The number of nitrogens with one attached hydrogen (secondary N) is 1. The number of hydrogen-bond acceptors (Lipinski definition) is 5. The number of aromatic nitrogens is 1. The molecule has 1 N–H and O–H groups in total. The molecule has 2 rings (SSSR count). The number of carbonyl (C=O) groups is 1. The summed E-state index contributed by atoms with van der Waals surface area (Å²) < 4.78 is 16.1. The second-order valence-corrected chi connectivity index (χ2v) is 5.50. The standard InChI is InChI=1S/C18H24N2O4/c1-4-23-15-7-5-14(6-8-15)16-11-19-18(24-16)10-9-17(21)20-13(2)12-22-3/h5-8,11,13H,4,9-10,12H2,1-3H3,(H,20,21). The topological polar surface area (TPSA) is 73.6 Å². The summed E-state index contributed by atoms with van der Waals surface area (Å²) in [5.74, 6) is 2.01. The second-order valence-electron chi connectivity index (χ2n) is 5.50. The number of oxazole rings is 1. The highest BCUT2D eigenvalue weighted by atomic mass is 16.5. The van der Waals surface area contributed by atoms with E-state index in [1.54, 1.807) is 13.3 Å². The Balaban J connectivity index is 1.87. The summed E-state index contributed by atoms with van der Waals surface area (Å²) in [6.45, 7) is 4.98. The molecule has 0 saturated carbocycles. The quantitative estimate of drug-likeness (QED) is 0.764. The van der Waals surface area contributed by atoms with Crippen molar-refractivity contribution in [1.82, 2.24) is 10.3 Å². The Bertz CT molecular complexity index is 637. The first-order valence-corrected chi connectivity index (χ1v) is 8.08. The Morgan fingerprint density at radius 1 is 1.33 bits per heavy atom. The third-order valence-electron chi connectivity index (χ3n) is 3.39. The fraction of sp³-hybridized carbons (Fsp3) is 0.444. The Morgan fingerprint density at radius 2 is 2.08 bits per heavy atom. The lowest BCUT2D eigenvalue weighted by molar-refractivity contribution is -0.122. The molecule has 1 heterocycles. The van der Waals surface area contributed by atoms with E-state index in [4.69, 9.17) is 13.9 Å². The molecule has 6 nitrogen and oxygen atoms in total. The van der Waals surface area contributed by atoms with Gasteiger partial charge in [-0.1, -0.05) is 0 Å². The lowest BCUT2D eigenvalue weighted by atomic mass is 10.2. The van der Waals surface area contributed by atoms with E-state index in [9.17, 15) is 4.79 Å². The van der Waals surface area contributed by atoms with Crippen molar-refractivity contribution in [2.75, 3.05) is 20.3 Å². The first kappa shape index (κ1) is 18.0. The van der Waals surface area contributed by atoms with E-state index < -0.39 is 0 Å². The van der Waals surface area contributed by atoms with Crippen molar-refractivity contribution < 1.29 is 18.7 Å². The zero-order chi connectivity index (χ0) is 17.4. The Hall–Kier alpha value is -2.34. The third kappa shape index (κ3) is 5.38. The van der Waals surface area contributed by atoms with Gasteiger partial charge < -0.3 is 19.2 Å². The number of amides is 1. The molecule has 0 fully saturated rings. The summed E-state index contributed by atoms with van der Waals surface area (Å²) in [4.78, 5) is 16.1. The minimum absolute atomic E-state index is 0.00789. The van der Waals surface area contributed by atoms with Crippen LogP contribution in [0.25, 0.3) is 11.3 Å². The van der Waals surface area contributed by atoms with Gasteiger partial charge in [-0.25, -0.2) is 4.98 Å². The molecule has 1 aromatic carbocycles. The number of nitrogens with zero attached hydrogens (tertiary/aromatic N) is 1. The molecule has 0 aliphatic rings. The van der Waals surface area contributed by atoms with Crippen molar-refractivity contribution in [2.24, 2.45) is 0 Å². The largest absolute Gasteiger partial charge is 0.494 e. The van der Waals surface area contributed by atoms with Crippen LogP contribution in [0, 0.1) is 0 Å². The minimum Gasteiger partial charge on any atom is -0.494 e. The molecule has 0 aliphatic carbocycles. The molecular weight excluding hydrogens is 308 g/mol. The van der Waals surface area contributed by atoms with E-state index in [1.165, 1.54) is 0 Å². The number of methoxy groups -OCH3 is 1. The molecule has 2 aromatic rings. The minimum atomic E-state index is -0.0413. The third-order valence-corrected chi connectivity index (χ3v) is 3.39. The van der Waals surface area contributed by atoms with Gasteiger partial charge in [-0.2, -0.15) is 0 Å². The Kier molecular flexibility index (Phi) is 6.81. The molecule has 1 unspecified atom stereocenters. The van der Waals surface area contributed by atoms with Crippen molar-refractivity contribution in [3.05, 3.63) is 36.4 Å². The summed E-state index contributed by atoms with van der Waals surface area (Å²) in [5, 5.41) is 2.86. The highest BCUT2D eigenvalue weighted by Gasteiger charge is 2.11. The van der Waals surface area contributed by atoms with Crippen LogP contribution in [0.2, 0.25) is 0 Å². The van der Waals surface area contributed by atoms with Gasteiger partial charge in [-0.05, 0) is 38.1 Å². The molecule has 1 atom stereocenters. The van der Waals surface area contributed by atoms with E-state index in [-0.39, 0.29) is 11.9 Å². The van der Waals surface area contributed by atoms with Gasteiger partial charge in [0, 0.05) is 31.6 Å². The number of hydrogen-bond donors (Lipinski definition) is 1. The average Bonchev–Trinajstić information content (AvgIpc) is 3.03. The number of carbonyl (C=O) groups excluding carboxylic acids is 1. The fourth-order valence-corrected chi connectivity index (χ4v) is 2.30. The molecular formula is C18H24N2O4. The molecule has 130 valence electrons. The summed E-state index contributed by atoms with van der Waals surface area (Å²) in [7, 11) is 1.61. The van der Waals surface area contributed by atoms with Gasteiger partial charge in [0.15, 0.2) is 11.7 Å². The lowest BCUT2D eigenvalue weighted by Crippen LogP contribution is -2.35. The van der Waals surface area contributed by atoms with E-state index in [0.717, 1.165) is 11.3 Å². The Morgan fingerprint density at radius 3 is 2.75 bits per heavy atom. The van der Waals surface area contributed by atoms with Crippen LogP contribution >= 0.6 is 0 Å². The van der Waals surface area contributed by atoms with E-state index >= 15 is 0 Å². The van der Waals surface area contributed by atoms with Crippen LogP contribution in [0.3, 0.4) is 0 Å². The van der Waals surface area contributed by atoms with Crippen LogP contribution in [0.1, 0.15) is 26.2 Å². The smallest absolute Gasteiger partial charge is 0.220 e. The zero-order valence-electron chi connectivity index (χ0n) is 14.4. The van der Waals surface area contributed by atoms with Crippen molar-refractivity contribution in [3.8, 4) is 17.1 Å². The highest BCUT2D eigenvalue weighted by Crippen LogP contribution is 2.23. The van der Waals surface area contributed by atoms with Gasteiger partial charge in [-0.15, -0.1) is 0 Å². The normalized spacial score (nSPS) is 12.0. The van der Waals surface area contributed by atoms with Crippen LogP contribution in [0.15, 0.2) is 34.9 Å². The van der Waals surface area contributed by atoms with Crippen molar-refractivity contribution in [1.29, 1.82) is 0 Å². The summed E-state index contributed by atoms with van der Waals surface area (Å²) >= 11 is 0. The molecule has 1 aromatic heterocycles. The molecule has 0 saturated heterocycles. The maximum Gasteiger partial charge on any atom is 0.220 e. The predicted octanol–water partition coefficient (Wildman–Crippen LogP) is 2.82. The van der Waals surface area contributed by atoms with Crippen LogP contribution in [-0.2, 0) is 16.0 Å². The van der Waals surface area contributed by atoms with Gasteiger partial charge in [0.05, 0.1) is 19.4 Å². The van der Waals surface area contributed by atoms with Crippen LogP contribution in [0.4, 0.5) is 0 Å². The fourth-order valence-electron chi connectivity index (χ4n) is 2.30. The van der Waals surface area contributed by atoms with Crippen molar-refractivity contribution >= 4 is 5.91 Å². The maximum atomic E-state index is 11.8. The van der Waals surface area contributed by atoms with Crippen molar-refractivity contribution in [2.45, 2.75) is 32.7 Å². The van der Waals surface area contributed by atoms with Crippen LogP contribution in [-0.4, -0.2) is 37.3 Å². The maximum absolute atomic E-state index is 11.8. The first-order chi connectivity index (χ1) is 11.6. The van der Waals surface area contributed by atoms with Gasteiger partial charge in [0.1, 0.15) is 5.75 Å². The SMILES string of the molecule is CCOc1ccc(-c2cnc(CCC(=O)NC(C)COC)o2)cc1. The zero-order valence-corrected chi connectivity index (χ0v) is 14.4. The van der Waals surface area contributed by atoms with E-state index in [1.807, 2.05) is 38.1 Å². The average molecular weight is 332 g/mol. The summed E-state index contributed by atoms with van der Waals surface area (Å²) in [6, 6.07) is 7.63. The van der Waals surface area contributed by atoms with Gasteiger partial charge in [0.2, 0.25) is 5.91 Å². The lowest BCUT2D eigenvalue weighted by Gasteiger charge is -2.11. The van der Waals surface area contributed by atoms with Gasteiger partial charge >= 0.3 is 0 Å². The predicted molar refractivity (Wildman–Crippen MR) is 90.9 cm³/mol. The van der Waals surface area contributed by atoms with Crippen LogP contribution < -0.4 is 10.1 Å². The van der Waals surface area contributed by atoms with Gasteiger partial charge in [-0.3, -0.25) is 4.79 Å². The van der Waals surface area contributed by atoms with Gasteiger partial charge in [0.25, 0.3) is 0 Å². The Labute approximate surface area is 142 Å². The molecule has 0 bridgehead atoms. The molecule has 0 radical (unpaired) electrons. The second kappa shape index (κ2) is 9.08. The monoisotopic (exact) mass is 332 g/mol. The number of aryl methyl sites for hydroxylation is 1. The number of benzene rings is 1.